The lowest BCUT2D eigenvalue weighted by Crippen LogP contribution is -2.21. The van der Waals surface area contributed by atoms with Gasteiger partial charge < -0.3 is 14.5 Å². The first-order valence-corrected chi connectivity index (χ1v) is 7.57. The lowest BCUT2D eigenvalue weighted by molar-refractivity contribution is 0.104. The van der Waals surface area contributed by atoms with Gasteiger partial charge in [-0.3, -0.25) is 0 Å². The zero-order chi connectivity index (χ0) is 15.1. The number of hydrogen-bond donors (Lipinski definition) is 1. The van der Waals surface area contributed by atoms with Gasteiger partial charge in [0.25, 0.3) is 0 Å². The second-order valence-corrected chi connectivity index (χ2v) is 5.51. The van der Waals surface area contributed by atoms with Crippen molar-refractivity contribution in [1.82, 2.24) is 5.32 Å². The fraction of sp³-hybridized carbons (Fsp3) is 0.444. The molecule has 1 heterocycles. The van der Waals surface area contributed by atoms with E-state index in [0.29, 0.717) is 12.6 Å². The summed E-state index contributed by atoms with van der Waals surface area (Å²) in [7, 11) is 0. The van der Waals surface area contributed by atoms with E-state index in [0.717, 1.165) is 25.3 Å². The van der Waals surface area contributed by atoms with Crippen LogP contribution in [-0.2, 0) is 11.3 Å². The second-order valence-electron chi connectivity index (χ2n) is 5.51. The van der Waals surface area contributed by atoms with Gasteiger partial charge in [0, 0.05) is 12.6 Å². The van der Waals surface area contributed by atoms with Crippen molar-refractivity contribution < 1.29 is 9.15 Å². The van der Waals surface area contributed by atoms with Gasteiger partial charge in [0.2, 0.25) is 0 Å². The number of rotatable bonds is 8. The minimum atomic E-state index is 0.370. The van der Waals surface area contributed by atoms with E-state index in [-0.39, 0.29) is 0 Å². The third-order valence-electron chi connectivity index (χ3n) is 3.77. The Morgan fingerprint density at radius 2 is 2.05 bits per heavy atom. The molecule has 0 spiro atoms. The van der Waals surface area contributed by atoms with Crippen LogP contribution in [-0.4, -0.2) is 13.2 Å². The molecule has 0 bridgehead atoms. The van der Waals surface area contributed by atoms with Crippen molar-refractivity contribution >= 4 is 0 Å². The van der Waals surface area contributed by atoms with Gasteiger partial charge in [0.05, 0.1) is 6.26 Å². The van der Waals surface area contributed by atoms with Crippen molar-refractivity contribution in [2.24, 2.45) is 0 Å². The SMILES string of the molecule is Cc1ccc(C(C)NCCCOCc2ccco2)cc1C. The molecule has 2 aromatic rings. The molecule has 2 rings (SSSR count). The molecule has 0 fully saturated rings. The molecule has 21 heavy (non-hydrogen) atoms. The molecule has 3 nitrogen and oxygen atoms in total. The number of benzene rings is 1. The van der Waals surface area contributed by atoms with E-state index in [1.54, 1.807) is 6.26 Å². The second kappa shape index (κ2) is 8.01. The summed E-state index contributed by atoms with van der Waals surface area (Å²) in [6.07, 6.45) is 2.67. The quantitative estimate of drug-likeness (QED) is 0.740. The van der Waals surface area contributed by atoms with Crippen molar-refractivity contribution in [2.75, 3.05) is 13.2 Å². The molecule has 0 amide bonds. The molecule has 1 aromatic carbocycles. The summed E-state index contributed by atoms with van der Waals surface area (Å²) >= 11 is 0. The van der Waals surface area contributed by atoms with Crippen LogP contribution in [0, 0.1) is 13.8 Å². The molecule has 0 saturated carbocycles. The van der Waals surface area contributed by atoms with Crippen LogP contribution in [0.3, 0.4) is 0 Å². The molecule has 1 unspecified atom stereocenters. The van der Waals surface area contributed by atoms with E-state index >= 15 is 0 Å². The minimum absolute atomic E-state index is 0.370. The highest BCUT2D eigenvalue weighted by Crippen LogP contribution is 2.16. The van der Waals surface area contributed by atoms with E-state index in [1.165, 1.54) is 16.7 Å². The van der Waals surface area contributed by atoms with Gasteiger partial charge in [0.1, 0.15) is 12.4 Å². The van der Waals surface area contributed by atoms with Gasteiger partial charge in [0.15, 0.2) is 0 Å². The summed E-state index contributed by atoms with van der Waals surface area (Å²) < 4.78 is 10.8. The Labute approximate surface area is 127 Å². The molecule has 114 valence electrons. The van der Waals surface area contributed by atoms with Crippen LogP contribution in [0.5, 0.6) is 0 Å². The number of aryl methyl sites for hydroxylation is 2. The Balaban J connectivity index is 1.62. The van der Waals surface area contributed by atoms with Crippen LogP contribution in [0.25, 0.3) is 0 Å². The molecule has 1 atom stereocenters. The predicted octanol–water partition coefficient (Wildman–Crippen LogP) is 4.15. The molecule has 0 radical (unpaired) electrons. The molecule has 0 aliphatic carbocycles. The third-order valence-corrected chi connectivity index (χ3v) is 3.77. The maximum atomic E-state index is 5.57. The van der Waals surface area contributed by atoms with Gasteiger partial charge >= 0.3 is 0 Å². The average Bonchev–Trinajstić information content (AvgIpc) is 2.98. The number of furan rings is 1. The fourth-order valence-electron chi connectivity index (χ4n) is 2.21. The van der Waals surface area contributed by atoms with E-state index < -0.39 is 0 Å². The summed E-state index contributed by atoms with van der Waals surface area (Å²) in [5.74, 6) is 0.881. The summed E-state index contributed by atoms with van der Waals surface area (Å²) in [5.41, 5.74) is 4.04. The molecule has 1 N–H and O–H groups in total. The minimum Gasteiger partial charge on any atom is -0.467 e. The highest BCUT2D eigenvalue weighted by molar-refractivity contribution is 5.31. The summed E-state index contributed by atoms with van der Waals surface area (Å²) in [4.78, 5) is 0. The standard InChI is InChI=1S/C18H25NO2/c1-14-7-8-17(12-15(14)2)16(3)19-9-5-10-20-13-18-6-4-11-21-18/h4,6-8,11-12,16,19H,5,9-10,13H2,1-3H3. The molecule has 0 aliphatic rings. The Hall–Kier alpha value is -1.58. The van der Waals surface area contributed by atoms with Gasteiger partial charge in [-0.15, -0.1) is 0 Å². The first-order valence-electron chi connectivity index (χ1n) is 7.57. The topological polar surface area (TPSA) is 34.4 Å². The zero-order valence-corrected chi connectivity index (χ0v) is 13.2. The van der Waals surface area contributed by atoms with Crippen LogP contribution in [0.2, 0.25) is 0 Å². The van der Waals surface area contributed by atoms with E-state index in [9.17, 15) is 0 Å². The van der Waals surface area contributed by atoms with Crippen LogP contribution in [0.1, 0.15) is 41.8 Å². The van der Waals surface area contributed by atoms with Gasteiger partial charge in [-0.05, 0) is 62.6 Å². The first kappa shape index (κ1) is 15.8. The lowest BCUT2D eigenvalue weighted by atomic mass is 10.0. The van der Waals surface area contributed by atoms with Crippen LogP contribution in [0.15, 0.2) is 41.0 Å². The van der Waals surface area contributed by atoms with E-state index in [2.05, 4.69) is 44.3 Å². The molecule has 3 heteroatoms. The smallest absolute Gasteiger partial charge is 0.129 e. The van der Waals surface area contributed by atoms with Crippen molar-refractivity contribution in [3.05, 3.63) is 59.0 Å². The largest absolute Gasteiger partial charge is 0.467 e. The van der Waals surface area contributed by atoms with Crippen molar-refractivity contribution in [1.29, 1.82) is 0 Å². The normalized spacial score (nSPS) is 12.5. The molecular formula is C18H25NO2. The monoisotopic (exact) mass is 287 g/mol. The Morgan fingerprint density at radius 1 is 1.19 bits per heavy atom. The molecular weight excluding hydrogens is 262 g/mol. The van der Waals surface area contributed by atoms with Gasteiger partial charge in [-0.2, -0.15) is 0 Å². The Morgan fingerprint density at radius 3 is 2.76 bits per heavy atom. The van der Waals surface area contributed by atoms with Crippen LogP contribution < -0.4 is 5.32 Å². The zero-order valence-electron chi connectivity index (χ0n) is 13.2. The van der Waals surface area contributed by atoms with E-state index in [1.807, 2.05) is 12.1 Å². The molecule has 0 aliphatic heterocycles. The number of ether oxygens (including phenoxy) is 1. The average molecular weight is 287 g/mol. The van der Waals surface area contributed by atoms with Crippen molar-refractivity contribution in [3.63, 3.8) is 0 Å². The van der Waals surface area contributed by atoms with Crippen LogP contribution in [0.4, 0.5) is 0 Å². The maximum absolute atomic E-state index is 5.57. The summed E-state index contributed by atoms with van der Waals surface area (Å²) in [6.45, 7) is 8.76. The summed E-state index contributed by atoms with van der Waals surface area (Å²) in [6, 6.07) is 10.8. The molecule has 1 aromatic heterocycles. The lowest BCUT2D eigenvalue weighted by Gasteiger charge is -2.15. The van der Waals surface area contributed by atoms with Gasteiger partial charge in [-0.25, -0.2) is 0 Å². The predicted molar refractivity (Wildman–Crippen MR) is 85.3 cm³/mol. The first-order chi connectivity index (χ1) is 10.2. The third kappa shape index (κ3) is 5.03. The summed E-state index contributed by atoms with van der Waals surface area (Å²) in [5, 5.41) is 3.54. The van der Waals surface area contributed by atoms with E-state index in [4.69, 9.17) is 9.15 Å². The Bertz CT molecular complexity index is 534. The highest BCUT2D eigenvalue weighted by Gasteiger charge is 2.05. The Kier molecular flexibility index (Phi) is 6.03. The van der Waals surface area contributed by atoms with Gasteiger partial charge in [-0.1, -0.05) is 18.2 Å². The van der Waals surface area contributed by atoms with Crippen molar-refractivity contribution in [2.45, 2.75) is 39.8 Å². The fourth-order valence-corrected chi connectivity index (χ4v) is 2.21. The van der Waals surface area contributed by atoms with Crippen LogP contribution >= 0.6 is 0 Å². The van der Waals surface area contributed by atoms with Crippen molar-refractivity contribution in [3.8, 4) is 0 Å². The maximum Gasteiger partial charge on any atom is 0.129 e. The highest BCUT2D eigenvalue weighted by atomic mass is 16.5. The number of nitrogens with one attached hydrogen (secondary N) is 1. The molecule has 0 saturated heterocycles. The number of hydrogen-bond acceptors (Lipinski definition) is 3.